The molecule has 17 heavy (non-hydrogen) atoms. The Kier molecular flexibility index (Phi) is 3.37. The topological polar surface area (TPSA) is 9.23 Å². The van der Waals surface area contributed by atoms with Crippen molar-refractivity contribution < 1.29 is 4.74 Å². The summed E-state index contributed by atoms with van der Waals surface area (Å²) in [7, 11) is 0. The van der Waals surface area contributed by atoms with Gasteiger partial charge in [-0.1, -0.05) is 18.2 Å². The molecule has 0 spiro atoms. The Hall–Kier alpha value is -0.570. The molecule has 2 aromatic rings. The molecule has 0 bridgehead atoms. The van der Waals surface area contributed by atoms with Crippen LogP contribution in [0.2, 0.25) is 0 Å². The molecule has 0 radical (unpaired) electrons. The molecule has 0 amide bonds. The molecule has 2 atom stereocenters. The number of ether oxygens (including phenoxy) is 1. The maximum atomic E-state index is 6.07. The summed E-state index contributed by atoms with van der Waals surface area (Å²) in [6.45, 7) is 0.863. The van der Waals surface area contributed by atoms with Gasteiger partial charge in [-0.3, -0.25) is 0 Å². The number of fused-ring (bicyclic) bond motifs is 1. The summed E-state index contributed by atoms with van der Waals surface area (Å²) in [5.74, 6) is 1.15. The predicted molar refractivity (Wildman–Crippen MR) is 74.0 cm³/mol. The normalized spacial score (nSPS) is 25.2. The minimum atomic E-state index is 0.192. The monoisotopic (exact) mass is 266 g/mol. The van der Waals surface area contributed by atoms with Crippen LogP contribution in [0.3, 0.4) is 0 Å². The summed E-state index contributed by atoms with van der Waals surface area (Å²) < 4.78 is 7.29. The standard InChI is InChI=1S/C14H15ClOS/c15-8-10-4-3-7-16-14(10)12-9-17-13-6-2-1-5-11(12)13/h1-2,5-6,9-10,14H,3-4,7-8H2. The van der Waals surface area contributed by atoms with Crippen LogP contribution in [-0.4, -0.2) is 12.5 Å². The van der Waals surface area contributed by atoms with E-state index in [2.05, 4.69) is 29.6 Å². The van der Waals surface area contributed by atoms with Gasteiger partial charge in [-0.2, -0.15) is 0 Å². The molecular formula is C14H15ClOS. The van der Waals surface area contributed by atoms with Gasteiger partial charge in [0.05, 0.1) is 6.10 Å². The van der Waals surface area contributed by atoms with E-state index in [1.165, 1.54) is 22.1 Å². The minimum Gasteiger partial charge on any atom is -0.373 e. The smallest absolute Gasteiger partial charge is 0.0878 e. The molecule has 1 aliphatic heterocycles. The molecule has 3 heteroatoms. The first kappa shape index (κ1) is 11.5. The van der Waals surface area contributed by atoms with Crippen molar-refractivity contribution >= 4 is 33.0 Å². The molecule has 1 aromatic heterocycles. The van der Waals surface area contributed by atoms with Crippen LogP contribution in [0, 0.1) is 5.92 Å². The molecule has 0 aliphatic carbocycles. The molecule has 1 aliphatic rings. The second-order valence-electron chi connectivity index (χ2n) is 4.54. The van der Waals surface area contributed by atoms with Gasteiger partial charge in [-0.25, -0.2) is 0 Å². The largest absolute Gasteiger partial charge is 0.373 e. The number of benzene rings is 1. The Morgan fingerprint density at radius 3 is 3.12 bits per heavy atom. The molecule has 1 aromatic carbocycles. The highest BCUT2D eigenvalue weighted by Gasteiger charge is 2.28. The molecule has 0 saturated carbocycles. The van der Waals surface area contributed by atoms with E-state index in [0.29, 0.717) is 11.8 Å². The van der Waals surface area contributed by atoms with Crippen molar-refractivity contribution in [3.8, 4) is 0 Å². The third-order valence-corrected chi connectivity index (χ3v) is 4.84. The maximum Gasteiger partial charge on any atom is 0.0878 e. The van der Waals surface area contributed by atoms with Crippen LogP contribution in [0.5, 0.6) is 0 Å². The molecule has 1 fully saturated rings. The fraction of sp³-hybridized carbons (Fsp3) is 0.429. The zero-order chi connectivity index (χ0) is 11.7. The number of alkyl halides is 1. The molecule has 2 heterocycles. The van der Waals surface area contributed by atoms with Gasteiger partial charge >= 0.3 is 0 Å². The van der Waals surface area contributed by atoms with E-state index in [4.69, 9.17) is 16.3 Å². The van der Waals surface area contributed by atoms with E-state index >= 15 is 0 Å². The van der Waals surface area contributed by atoms with E-state index in [9.17, 15) is 0 Å². The highest BCUT2D eigenvalue weighted by molar-refractivity contribution is 7.17. The zero-order valence-corrected chi connectivity index (χ0v) is 11.1. The lowest BCUT2D eigenvalue weighted by Crippen LogP contribution is -2.23. The Labute approximate surface area is 110 Å². The lowest BCUT2D eigenvalue weighted by molar-refractivity contribution is -0.0197. The summed E-state index contributed by atoms with van der Waals surface area (Å²) >= 11 is 7.86. The van der Waals surface area contributed by atoms with Gasteiger partial charge in [0.2, 0.25) is 0 Å². The van der Waals surface area contributed by atoms with Crippen molar-refractivity contribution in [3.05, 3.63) is 35.2 Å². The Morgan fingerprint density at radius 2 is 2.24 bits per heavy atom. The molecule has 3 rings (SSSR count). The summed E-state index contributed by atoms with van der Waals surface area (Å²) in [5, 5.41) is 3.57. The number of thiophene rings is 1. The van der Waals surface area contributed by atoms with Crippen LogP contribution in [0.4, 0.5) is 0 Å². The Morgan fingerprint density at radius 1 is 1.35 bits per heavy atom. The van der Waals surface area contributed by atoms with Crippen LogP contribution in [-0.2, 0) is 4.74 Å². The van der Waals surface area contributed by atoms with Crippen LogP contribution in [0.15, 0.2) is 29.6 Å². The van der Waals surface area contributed by atoms with E-state index < -0.39 is 0 Å². The maximum absolute atomic E-state index is 6.07. The van der Waals surface area contributed by atoms with Crippen LogP contribution in [0.25, 0.3) is 10.1 Å². The zero-order valence-electron chi connectivity index (χ0n) is 9.56. The lowest BCUT2D eigenvalue weighted by atomic mass is 9.91. The van der Waals surface area contributed by atoms with Gasteiger partial charge in [-0.15, -0.1) is 22.9 Å². The van der Waals surface area contributed by atoms with Crippen LogP contribution >= 0.6 is 22.9 Å². The summed E-state index contributed by atoms with van der Waals surface area (Å²) in [6, 6.07) is 8.53. The van der Waals surface area contributed by atoms with Gasteiger partial charge in [0.25, 0.3) is 0 Å². The first-order valence-electron chi connectivity index (χ1n) is 6.04. The van der Waals surface area contributed by atoms with Crippen molar-refractivity contribution in [2.24, 2.45) is 5.92 Å². The third kappa shape index (κ3) is 2.10. The van der Waals surface area contributed by atoms with Gasteiger partial charge in [-0.05, 0) is 35.2 Å². The summed E-state index contributed by atoms with van der Waals surface area (Å²) in [4.78, 5) is 0. The van der Waals surface area contributed by atoms with E-state index in [-0.39, 0.29) is 6.10 Å². The van der Waals surface area contributed by atoms with Crippen molar-refractivity contribution in [2.75, 3.05) is 12.5 Å². The van der Waals surface area contributed by atoms with Crippen LogP contribution < -0.4 is 0 Å². The second-order valence-corrected chi connectivity index (χ2v) is 5.76. The fourth-order valence-electron chi connectivity index (χ4n) is 2.56. The van der Waals surface area contributed by atoms with Crippen LogP contribution in [0.1, 0.15) is 24.5 Å². The molecule has 2 unspecified atom stereocenters. The number of rotatable bonds is 2. The van der Waals surface area contributed by atoms with Gasteiger partial charge < -0.3 is 4.74 Å². The number of hydrogen-bond acceptors (Lipinski definition) is 2. The summed E-state index contributed by atoms with van der Waals surface area (Å²) in [6.07, 6.45) is 2.51. The molecular weight excluding hydrogens is 252 g/mol. The van der Waals surface area contributed by atoms with Gasteiger partial charge in [0.15, 0.2) is 0 Å². The Balaban J connectivity index is 2.01. The molecule has 90 valence electrons. The third-order valence-electron chi connectivity index (χ3n) is 3.46. The van der Waals surface area contributed by atoms with Crippen molar-refractivity contribution in [2.45, 2.75) is 18.9 Å². The summed E-state index contributed by atoms with van der Waals surface area (Å²) in [5.41, 5.74) is 1.33. The second kappa shape index (κ2) is 4.97. The SMILES string of the molecule is ClCC1CCCOC1c1csc2ccccc12. The average molecular weight is 267 g/mol. The highest BCUT2D eigenvalue weighted by atomic mass is 35.5. The molecule has 1 nitrogen and oxygen atoms in total. The lowest BCUT2D eigenvalue weighted by Gasteiger charge is -2.30. The van der Waals surface area contributed by atoms with E-state index in [1.807, 2.05) is 0 Å². The first-order chi connectivity index (χ1) is 8.40. The van der Waals surface area contributed by atoms with E-state index in [1.54, 1.807) is 11.3 Å². The van der Waals surface area contributed by atoms with Crippen molar-refractivity contribution in [1.29, 1.82) is 0 Å². The fourth-order valence-corrected chi connectivity index (χ4v) is 3.86. The van der Waals surface area contributed by atoms with Gasteiger partial charge in [0, 0.05) is 23.1 Å². The predicted octanol–water partition coefficient (Wildman–Crippen LogP) is 4.61. The van der Waals surface area contributed by atoms with Crippen molar-refractivity contribution in [3.63, 3.8) is 0 Å². The Bertz CT molecular complexity index is 508. The molecule has 1 saturated heterocycles. The number of halogens is 1. The quantitative estimate of drug-likeness (QED) is 0.722. The molecule has 0 N–H and O–H groups in total. The minimum absolute atomic E-state index is 0.192. The highest BCUT2D eigenvalue weighted by Crippen LogP contribution is 2.39. The number of hydrogen-bond donors (Lipinski definition) is 0. The van der Waals surface area contributed by atoms with E-state index in [0.717, 1.165) is 13.0 Å². The van der Waals surface area contributed by atoms with Gasteiger partial charge in [0.1, 0.15) is 0 Å². The average Bonchev–Trinajstić information content (AvgIpc) is 2.82. The van der Waals surface area contributed by atoms with Crippen molar-refractivity contribution in [1.82, 2.24) is 0 Å². The first-order valence-corrected chi connectivity index (χ1v) is 7.45.